The number of aliphatic hydroxyl groups is 1. The monoisotopic (exact) mass is 257 g/mol. The molecule has 0 aliphatic carbocycles. The number of hydrogen-bond acceptors (Lipinski definition) is 3. The highest BCUT2D eigenvalue weighted by molar-refractivity contribution is 5.37. The normalized spacial score (nSPS) is 9.95. The summed E-state index contributed by atoms with van der Waals surface area (Å²) in [7, 11) is 0. The zero-order valence-corrected chi connectivity index (χ0v) is 10.1. The molecule has 2 aromatic rings. The van der Waals surface area contributed by atoms with Gasteiger partial charge in [-0.3, -0.25) is 0 Å². The van der Waals surface area contributed by atoms with E-state index in [2.05, 4.69) is 6.07 Å². The van der Waals surface area contributed by atoms with Crippen molar-refractivity contribution in [3.05, 3.63) is 65.0 Å². The first-order valence-electron chi connectivity index (χ1n) is 5.74. The summed E-state index contributed by atoms with van der Waals surface area (Å²) >= 11 is 0. The highest BCUT2D eigenvalue weighted by Gasteiger charge is 2.04. The van der Waals surface area contributed by atoms with E-state index in [4.69, 9.17) is 15.1 Å². The van der Waals surface area contributed by atoms with E-state index in [1.165, 1.54) is 12.1 Å². The van der Waals surface area contributed by atoms with E-state index in [0.717, 1.165) is 5.56 Å². The van der Waals surface area contributed by atoms with E-state index >= 15 is 0 Å². The van der Waals surface area contributed by atoms with Gasteiger partial charge >= 0.3 is 0 Å². The minimum absolute atomic E-state index is 0.179. The van der Waals surface area contributed by atoms with Gasteiger partial charge in [0, 0.05) is 11.6 Å². The van der Waals surface area contributed by atoms with Gasteiger partial charge in [-0.25, -0.2) is 4.39 Å². The SMILES string of the molecule is N#Cc1ccccc1COc1cc(F)cc(CO)c1. The molecule has 0 unspecified atom stereocenters. The number of nitriles is 1. The van der Waals surface area contributed by atoms with E-state index in [-0.39, 0.29) is 13.2 Å². The quantitative estimate of drug-likeness (QED) is 0.916. The largest absolute Gasteiger partial charge is 0.489 e. The average molecular weight is 257 g/mol. The van der Waals surface area contributed by atoms with Crippen molar-refractivity contribution >= 4 is 0 Å². The summed E-state index contributed by atoms with van der Waals surface area (Å²) in [5.41, 5.74) is 1.71. The molecule has 0 saturated carbocycles. The molecule has 3 nitrogen and oxygen atoms in total. The summed E-state index contributed by atoms with van der Waals surface area (Å²) in [6, 6.07) is 13.2. The maximum absolute atomic E-state index is 13.2. The Morgan fingerprint density at radius 2 is 2.00 bits per heavy atom. The van der Waals surface area contributed by atoms with Crippen molar-refractivity contribution in [2.24, 2.45) is 0 Å². The molecule has 0 heterocycles. The first kappa shape index (κ1) is 13.1. The van der Waals surface area contributed by atoms with Crippen LogP contribution in [0.25, 0.3) is 0 Å². The van der Waals surface area contributed by atoms with E-state index in [9.17, 15) is 4.39 Å². The summed E-state index contributed by atoms with van der Waals surface area (Å²) in [6.07, 6.45) is 0. The zero-order chi connectivity index (χ0) is 13.7. The molecule has 0 saturated heterocycles. The van der Waals surface area contributed by atoms with Gasteiger partial charge in [0.1, 0.15) is 18.2 Å². The van der Waals surface area contributed by atoms with Crippen LogP contribution >= 0.6 is 0 Å². The minimum Gasteiger partial charge on any atom is -0.489 e. The maximum atomic E-state index is 13.2. The molecule has 0 spiro atoms. The van der Waals surface area contributed by atoms with Gasteiger partial charge < -0.3 is 9.84 Å². The topological polar surface area (TPSA) is 53.2 Å². The number of rotatable bonds is 4. The highest BCUT2D eigenvalue weighted by Crippen LogP contribution is 2.18. The fourth-order valence-electron chi connectivity index (χ4n) is 1.71. The predicted molar refractivity (Wildman–Crippen MR) is 67.8 cm³/mol. The Bertz CT molecular complexity index is 620. The average Bonchev–Trinajstić information content (AvgIpc) is 2.44. The molecule has 0 fully saturated rings. The first-order chi connectivity index (χ1) is 9.22. The van der Waals surface area contributed by atoms with Crippen LogP contribution in [0.1, 0.15) is 16.7 Å². The second-order valence-corrected chi connectivity index (χ2v) is 4.01. The third kappa shape index (κ3) is 3.30. The van der Waals surface area contributed by atoms with Gasteiger partial charge in [-0.05, 0) is 23.8 Å². The number of nitrogens with zero attached hydrogens (tertiary/aromatic N) is 1. The van der Waals surface area contributed by atoms with E-state index < -0.39 is 5.82 Å². The van der Waals surface area contributed by atoms with Crippen molar-refractivity contribution in [3.63, 3.8) is 0 Å². The zero-order valence-electron chi connectivity index (χ0n) is 10.1. The molecule has 0 radical (unpaired) electrons. The van der Waals surface area contributed by atoms with Crippen molar-refractivity contribution in [2.75, 3.05) is 0 Å². The Labute approximate surface area is 110 Å². The van der Waals surface area contributed by atoms with Crippen molar-refractivity contribution in [3.8, 4) is 11.8 Å². The van der Waals surface area contributed by atoms with Gasteiger partial charge in [0.2, 0.25) is 0 Å². The smallest absolute Gasteiger partial charge is 0.127 e. The molecule has 2 rings (SSSR count). The second-order valence-electron chi connectivity index (χ2n) is 4.01. The van der Waals surface area contributed by atoms with Crippen molar-refractivity contribution < 1.29 is 14.2 Å². The van der Waals surface area contributed by atoms with Gasteiger partial charge in [-0.15, -0.1) is 0 Å². The van der Waals surface area contributed by atoms with E-state index in [0.29, 0.717) is 16.9 Å². The lowest BCUT2D eigenvalue weighted by Crippen LogP contribution is -1.99. The van der Waals surface area contributed by atoms with Crippen molar-refractivity contribution in [1.29, 1.82) is 5.26 Å². The Balaban J connectivity index is 2.15. The van der Waals surface area contributed by atoms with Crippen LogP contribution in [0.5, 0.6) is 5.75 Å². The molecule has 0 aliphatic rings. The number of aliphatic hydroxyl groups excluding tert-OH is 1. The van der Waals surface area contributed by atoms with Gasteiger partial charge in [0.15, 0.2) is 0 Å². The van der Waals surface area contributed by atoms with E-state index in [1.807, 2.05) is 6.07 Å². The molecule has 0 aliphatic heterocycles. The molecule has 96 valence electrons. The van der Waals surface area contributed by atoms with Crippen LogP contribution in [0.4, 0.5) is 4.39 Å². The van der Waals surface area contributed by atoms with Crippen LogP contribution < -0.4 is 4.74 Å². The Morgan fingerprint density at radius 3 is 2.74 bits per heavy atom. The highest BCUT2D eigenvalue weighted by atomic mass is 19.1. The maximum Gasteiger partial charge on any atom is 0.127 e. The number of ether oxygens (including phenoxy) is 1. The van der Waals surface area contributed by atoms with E-state index in [1.54, 1.807) is 24.3 Å². The van der Waals surface area contributed by atoms with Crippen LogP contribution in [0, 0.1) is 17.1 Å². The Morgan fingerprint density at radius 1 is 1.21 bits per heavy atom. The summed E-state index contributed by atoms with van der Waals surface area (Å²) in [5, 5.41) is 17.9. The molecule has 19 heavy (non-hydrogen) atoms. The summed E-state index contributed by atoms with van der Waals surface area (Å²) in [5.74, 6) is -0.132. The van der Waals surface area contributed by atoms with Gasteiger partial charge in [-0.2, -0.15) is 5.26 Å². The third-order valence-corrected chi connectivity index (χ3v) is 2.65. The van der Waals surface area contributed by atoms with Crippen molar-refractivity contribution in [1.82, 2.24) is 0 Å². The van der Waals surface area contributed by atoms with Crippen LogP contribution in [0.3, 0.4) is 0 Å². The lowest BCUT2D eigenvalue weighted by Gasteiger charge is -2.09. The minimum atomic E-state index is -0.463. The molecular weight excluding hydrogens is 245 g/mol. The molecule has 0 aromatic heterocycles. The lowest BCUT2D eigenvalue weighted by molar-refractivity contribution is 0.276. The summed E-state index contributed by atoms with van der Waals surface area (Å²) in [6.45, 7) is -0.0685. The molecule has 0 amide bonds. The Kier molecular flexibility index (Phi) is 4.11. The van der Waals surface area contributed by atoms with Gasteiger partial charge in [-0.1, -0.05) is 18.2 Å². The number of benzene rings is 2. The molecule has 4 heteroatoms. The summed E-state index contributed by atoms with van der Waals surface area (Å²) < 4.78 is 18.7. The fourth-order valence-corrected chi connectivity index (χ4v) is 1.71. The summed E-state index contributed by atoms with van der Waals surface area (Å²) in [4.78, 5) is 0. The predicted octanol–water partition coefficient (Wildman–Crippen LogP) is 2.77. The van der Waals surface area contributed by atoms with Crippen LogP contribution in [-0.2, 0) is 13.2 Å². The molecule has 0 bridgehead atoms. The number of hydrogen-bond donors (Lipinski definition) is 1. The number of halogens is 1. The second kappa shape index (κ2) is 5.98. The lowest BCUT2D eigenvalue weighted by atomic mass is 10.1. The molecular formula is C15H12FNO2. The third-order valence-electron chi connectivity index (χ3n) is 2.65. The van der Waals surface area contributed by atoms with Crippen LogP contribution in [0.2, 0.25) is 0 Å². The van der Waals surface area contributed by atoms with Crippen LogP contribution in [0.15, 0.2) is 42.5 Å². The van der Waals surface area contributed by atoms with Gasteiger partial charge in [0.25, 0.3) is 0 Å². The standard InChI is InChI=1S/C15H12FNO2/c16-14-5-11(9-18)6-15(7-14)19-10-13-4-2-1-3-12(13)8-17/h1-7,18H,9-10H2. The molecule has 0 atom stereocenters. The Hall–Kier alpha value is -2.38. The van der Waals surface area contributed by atoms with Gasteiger partial charge in [0.05, 0.1) is 18.2 Å². The first-order valence-corrected chi connectivity index (χ1v) is 5.74. The molecule has 2 aromatic carbocycles. The fraction of sp³-hybridized carbons (Fsp3) is 0.133. The van der Waals surface area contributed by atoms with Crippen LogP contribution in [-0.4, -0.2) is 5.11 Å². The molecule has 1 N–H and O–H groups in total. The van der Waals surface area contributed by atoms with Crippen molar-refractivity contribution in [2.45, 2.75) is 13.2 Å².